The highest BCUT2D eigenvalue weighted by atomic mass is 35.5. The highest BCUT2D eigenvalue weighted by molar-refractivity contribution is 6.34. The van der Waals surface area contributed by atoms with Crippen LogP contribution in [0.4, 0.5) is 11.4 Å². The smallest absolute Gasteiger partial charge is 0.272 e. The van der Waals surface area contributed by atoms with Gasteiger partial charge in [-0.15, -0.1) is 0 Å². The molecule has 1 amide bonds. The molecule has 0 aliphatic rings. The van der Waals surface area contributed by atoms with E-state index in [1.54, 1.807) is 18.2 Å². The van der Waals surface area contributed by atoms with Crippen molar-refractivity contribution in [1.82, 2.24) is 4.98 Å². The van der Waals surface area contributed by atoms with E-state index in [9.17, 15) is 4.79 Å². The average Bonchev–Trinajstić information content (AvgIpc) is 2.86. The van der Waals surface area contributed by atoms with E-state index in [-0.39, 0.29) is 5.91 Å². The van der Waals surface area contributed by atoms with Crippen molar-refractivity contribution in [3.63, 3.8) is 0 Å². The van der Waals surface area contributed by atoms with Crippen LogP contribution in [0.25, 0.3) is 10.9 Å². The van der Waals surface area contributed by atoms with Crippen LogP contribution < -0.4 is 11.1 Å². The van der Waals surface area contributed by atoms with Gasteiger partial charge in [-0.2, -0.15) is 0 Å². The van der Waals surface area contributed by atoms with Crippen molar-refractivity contribution in [2.75, 3.05) is 11.1 Å². The first kappa shape index (κ1) is 13.5. The van der Waals surface area contributed by atoms with Gasteiger partial charge in [0.05, 0.1) is 10.7 Å². The third kappa shape index (κ3) is 2.58. The van der Waals surface area contributed by atoms with Crippen molar-refractivity contribution in [3.8, 4) is 0 Å². The third-order valence-corrected chi connectivity index (χ3v) is 3.66. The summed E-state index contributed by atoms with van der Waals surface area (Å²) in [5, 5.41) is 4.25. The van der Waals surface area contributed by atoms with Gasteiger partial charge in [0.15, 0.2) is 0 Å². The fourth-order valence-corrected chi connectivity index (χ4v) is 2.51. The van der Waals surface area contributed by atoms with E-state index in [0.29, 0.717) is 22.1 Å². The lowest BCUT2D eigenvalue weighted by Gasteiger charge is -2.09. The van der Waals surface area contributed by atoms with Gasteiger partial charge in [-0.05, 0) is 42.8 Å². The molecule has 21 heavy (non-hydrogen) atoms. The van der Waals surface area contributed by atoms with Crippen molar-refractivity contribution in [2.24, 2.45) is 0 Å². The number of nitrogen functional groups attached to an aromatic ring is 1. The summed E-state index contributed by atoms with van der Waals surface area (Å²) in [6.07, 6.45) is 0. The lowest BCUT2D eigenvalue weighted by molar-refractivity contribution is 0.102. The molecule has 0 spiro atoms. The van der Waals surface area contributed by atoms with Crippen LogP contribution >= 0.6 is 11.6 Å². The number of nitrogens with one attached hydrogen (secondary N) is 2. The maximum atomic E-state index is 12.3. The van der Waals surface area contributed by atoms with E-state index in [2.05, 4.69) is 10.3 Å². The van der Waals surface area contributed by atoms with Gasteiger partial charge in [0, 0.05) is 16.6 Å². The first-order valence-corrected chi connectivity index (χ1v) is 6.87. The summed E-state index contributed by atoms with van der Waals surface area (Å²) in [5.74, 6) is -0.235. The molecule has 0 aliphatic heterocycles. The second-order valence-electron chi connectivity index (χ2n) is 4.92. The Morgan fingerprint density at radius 2 is 2.05 bits per heavy atom. The number of aromatic amines is 1. The maximum Gasteiger partial charge on any atom is 0.272 e. The Hall–Kier alpha value is -2.46. The zero-order chi connectivity index (χ0) is 15.0. The minimum atomic E-state index is -0.235. The highest BCUT2D eigenvalue weighted by Crippen LogP contribution is 2.26. The molecular weight excluding hydrogens is 286 g/mol. The van der Waals surface area contributed by atoms with Crippen LogP contribution in [0.1, 0.15) is 16.1 Å². The van der Waals surface area contributed by atoms with E-state index in [1.807, 2.05) is 31.2 Å². The number of carbonyl (C=O) groups excluding carboxylic acids is 1. The molecule has 4 N–H and O–H groups in total. The summed E-state index contributed by atoms with van der Waals surface area (Å²) in [4.78, 5) is 15.4. The van der Waals surface area contributed by atoms with Gasteiger partial charge in [0.25, 0.3) is 5.91 Å². The summed E-state index contributed by atoms with van der Waals surface area (Å²) in [7, 11) is 0. The Balaban J connectivity index is 1.94. The van der Waals surface area contributed by atoms with Gasteiger partial charge in [-0.1, -0.05) is 23.7 Å². The number of aryl methyl sites for hydroxylation is 1. The summed E-state index contributed by atoms with van der Waals surface area (Å²) in [6.45, 7) is 1.90. The van der Waals surface area contributed by atoms with Gasteiger partial charge in [0.2, 0.25) is 0 Å². The van der Waals surface area contributed by atoms with Gasteiger partial charge in [0.1, 0.15) is 5.69 Å². The van der Waals surface area contributed by atoms with Crippen LogP contribution in [0.2, 0.25) is 5.02 Å². The van der Waals surface area contributed by atoms with Gasteiger partial charge in [-0.3, -0.25) is 4.79 Å². The largest absolute Gasteiger partial charge is 0.399 e. The number of benzene rings is 2. The zero-order valence-electron chi connectivity index (χ0n) is 11.4. The Labute approximate surface area is 126 Å². The van der Waals surface area contributed by atoms with Crippen molar-refractivity contribution >= 4 is 39.8 Å². The number of para-hydroxylation sites is 1. The van der Waals surface area contributed by atoms with Crippen LogP contribution in [0, 0.1) is 6.92 Å². The molecule has 0 unspecified atom stereocenters. The quantitative estimate of drug-likeness (QED) is 0.627. The average molecular weight is 300 g/mol. The molecule has 0 radical (unpaired) electrons. The molecule has 5 heteroatoms. The molecule has 0 fully saturated rings. The van der Waals surface area contributed by atoms with Crippen molar-refractivity contribution in [3.05, 3.63) is 58.7 Å². The molecular formula is C16H14ClN3O. The number of hydrogen-bond donors (Lipinski definition) is 3. The van der Waals surface area contributed by atoms with E-state index in [4.69, 9.17) is 17.3 Å². The lowest BCUT2D eigenvalue weighted by Crippen LogP contribution is -2.13. The van der Waals surface area contributed by atoms with Gasteiger partial charge < -0.3 is 16.0 Å². The second-order valence-corrected chi connectivity index (χ2v) is 5.32. The van der Waals surface area contributed by atoms with E-state index < -0.39 is 0 Å². The van der Waals surface area contributed by atoms with Crippen molar-refractivity contribution in [2.45, 2.75) is 6.92 Å². The first-order chi connectivity index (χ1) is 10.0. The van der Waals surface area contributed by atoms with E-state index in [0.717, 1.165) is 16.5 Å². The number of carbonyl (C=O) groups is 1. The Kier molecular flexibility index (Phi) is 3.31. The topological polar surface area (TPSA) is 70.9 Å². The Bertz CT molecular complexity index is 818. The van der Waals surface area contributed by atoms with Crippen molar-refractivity contribution in [1.29, 1.82) is 0 Å². The molecule has 3 rings (SSSR count). The Morgan fingerprint density at radius 1 is 1.24 bits per heavy atom. The molecule has 106 valence electrons. The molecule has 1 heterocycles. The lowest BCUT2D eigenvalue weighted by atomic mass is 10.2. The van der Waals surface area contributed by atoms with Crippen LogP contribution in [0.15, 0.2) is 42.5 Å². The second kappa shape index (κ2) is 5.14. The minimum absolute atomic E-state index is 0.235. The molecule has 0 saturated heterocycles. The highest BCUT2D eigenvalue weighted by Gasteiger charge is 2.13. The monoisotopic (exact) mass is 299 g/mol. The predicted molar refractivity (Wildman–Crippen MR) is 86.9 cm³/mol. The number of rotatable bonds is 2. The standard InChI is InChI=1S/C16H14ClN3O/c1-9-3-2-4-12(17)15(9)20-16(21)14-8-10-7-11(18)5-6-13(10)19-14/h2-8,19H,18H2,1H3,(H,20,21). The molecule has 3 aromatic rings. The molecule has 4 nitrogen and oxygen atoms in total. The number of H-pyrrole nitrogens is 1. The summed E-state index contributed by atoms with van der Waals surface area (Å²) in [5.41, 5.74) is 9.28. The maximum absolute atomic E-state index is 12.3. The zero-order valence-corrected chi connectivity index (χ0v) is 12.2. The van der Waals surface area contributed by atoms with E-state index >= 15 is 0 Å². The van der Waals surface area contributed by atoms with Crippen molar-refractivity contribution < 1.29 is 4.79 Å². The van der Waals surface area contributed by atoms with Crippen LogP contribution in [0.3, 0.4) is 0 Å². The van der Waals surface area contributed by atoms with Crippen LogP contribution in [-0.4, -0.2) is 10.9 Å². The number of hydrogen-bond acceptors (Lipinski definition) is 2. The van der Waals surface area contributed by atoms with Crippen LogP contribution in [0.5, 0.6) is 0 Å². The van der Waals surface area contributed by atoms with Gasteiger partial charge >= 0.3 is 0 Å². The SMILES string of the molecule is Cc1cccc(Cl)c1NC(=O)c1cc2cc(N)ccc2[nH]1. The molecule has 0 bridgehead atoms. The molecule has 0 saturated carbocycles. The summed E-state index contributed by atoms with van der Waals surface area (Å²) in [6, 6.07) is 12.7. The van der Waals surface area contributed by atoms with E-state index in [1.165, 1.54) is 0 Å². The third-order valence-electron chi connectivity index (χ3n) is 3.35. The number of halogens is 1. The minimum Gasteiger partial charge on any atom is -0.399 e. The first-order valence-electron chi connectivity index (χ1n) is 6.49. The molecule has 1 aromatic heterocycles. The number of fused-ring (bicyclic) bond motifs is 1. The normalized spacial score (nSPS) is 10.8. The van der Waals surface area contributed by atoms with Crippen LogP contribution in [-0.2, 0) is 0 Å². The summed E-state index contributed by atoms with van der Waals surface area (Å²) < 4.78 is 0. The number of amides is 1. The van der Waals surface area contributed by atoms with Gasteiger partial charge in [-0.25, -0.2) is 0 Å². The fraction of sp³-hybridized carbons (Fsp3) is 0.0625. The fourth-order valence-electron chi connectivity index (χ4n) is 2.24. The number of nitrogens with two attached hydrogens (primary N) is 1. The summed E-state index contributed by atoms with van der Waals surface area (Å²) >= 11 is 6.12. The predicted octanol–water partition coefficient (Wildman–Crippen LogP) is 3.96. The number of anilines is 2. The number of aromatic nitrogens is 1. The molecule has 0 atom stereocenters. The molecule has 2 aromatic carbocycles. The Morgan fingerprint density at radius 3 is 2.81 bits per heavy atom. The molecule has 0 aliphatic carbocycles.